The molecule has 1 fully saturated rings. The topological polar surface area (TPSA) is 152 Å². The fourth-order valence-electron chi connectivity index (χ4n) is 6.94. The zero-order valence-electron chi connectivity index (χ0n) is 37.2. The lowest BCUT2D eigenvalue weighted by atomic mass is 9.99. The number of hydrogen-bond acceptors (Lipinski definition) is 10. The van der Waals surface area contributed by atoms with Crippen molar-refractivity contribution in [3.8, 4) is 0 Å². The van der Waals surface area contributed by atoms with Crippen molar-refractivity contribution in [1.82, 2.24) is 0 Å². The SMILES string of the molecule is CCCCC/C=C/C/C=C/C/C=C/C/C=C/CCCCCC(=O)OC[C@@H](CO[C@H]1O[C@@H](CO)[C@@H](O)C(O)C1O)OC(=O)CCCCCCCCCCCCCCCCC. The minimum absolute atomic E-state index is 0.224. The van der Waals surface area contributed by atoms with Crippen molar-refractivity contribution in [3.05, 3.63) is 48.6 Å². The molecule has 0 aromatic heterocycles. The summed E-state index contributed by atoms with van der Waals surface area (Å²) in [6, 6.07) is 0. The van der Waals surface area contributed by atoms with Crippen LogP contribution in [-0.2, 0) is 28.5 Å². The smallest absolute Gasteiger partial charge is 0.306 e. The Labute approximate surface area is 358 Å². The van der Waals surface area contributed by atoms with Crippen molar-refractivity contribution in [1.29, 1.82) is 0 Å². The molecule has 4 N–H and O–H groups in total. The summed E-state index contributed by atoms with van der Waals surface area (Å²) in [5.41, 5.74) is 0. The van der Waals surface area contributed by atoms with E-state index >= 15 is 0 Å². The van der Waals surface area contributed by atoms with Crippen LogP contribution in [-0.4, -0.2) is 89.0 Å². The maximum atomic E-state index is 12.8. The van der Waals surface area contributed by atoms with Gasteiger partial charge >= 0.3 is 11.9 Å². The number of allylic oxidation sites excluding steroid dienone is 8. The summed E-state index contributed by atoms with van der Waals surface area (Å²) in [6.07, 6.45) is 39.7. The maximum Gasteiger partial charge on any atom is 0.306 e. The van der Waals surface area contributed by atoms with E-state index in [9.17, 15) is 30.0 Å². The minimum atomic E-state index is -1.60. The van der Waals surface area contributed by atoms with Crippen LogP contribution in [0.25, 0.3) is 0 Å². The first-order chi connectivity index (χ1) is 28.8. The molecule has 1 heterocycles. The van der Waals surface area contributed by atoms with E-state index < -0.39 is 55.4 Å². The summed E-state index contributed by atoms with van der Waals surface area (Å²) in [6.45, 7) is 3.37. The number of aliphatic hydroxyl groups excluding tert-OH is 4. The minimum Gasteiger partial charge on any atom is -0.462 e. The van der Waals surface area contributed by atoms with Crippen molar-refractivity contribution in [3.63, 3.8) is 0 Å². The molecule has 1 aliphatic rings. The van der Waals surface area contributed by atoms with Gasteiger partial charge in [0.1, 0.15) is 31.0 Å². The summed E-state index contributed by atoms with van der Waals surface area (Å²) in [7, 11) is 0. The Hall–Kier alpha value is -2.34. The summed E-state index contributed by atoms with van der Waals surface area (Å²) in [5, 5.41) is 40.1. The van der Waals surface area contributed by atoms with Gasteiger partial charge in [-0.2, -0.15) is 0 Å². The molecule has 0 saturated carbocycles. The highest BCUT2D eigenvalue weighted by atomic mass is 16.7. The Morgan fingerprint density at radius 1 is 0.525 bits per heavy atom. The Bertz CT molecular complexity index is 1100. The van der Waals surface area contributed by atoms with E-state index in [4.69, 9.17) is 18.9 Å². The van der Waals surface area contributed by atoms with Crippen LogP contribution in [0.5, 0.6) is 0 Å². The quantitative estimate of drug-likeness (QED) is 0.0267. The predicted molar refractivity (Wildman–Crippen MR) is 238 cm³/mol. The molecule has 0 aliphatic carbocycles. The van der Waals surface area contributed by atoms with Crippen LogP contribution >= 0.6 is 0 Å². The molecule has 2 unspecified atom stereocenters. The van der Waals surface area contributed by atoms with E-state index in [0.717, 1.165) is 57.8 Å². The van der Waals surface area contributed by atoms with Crippen LogP contribution in [0.2, 0.25) is 0 Å². The van der Waals surface area contributed by atoms with Gasteiger partial charge in [-0.15, -0.1) is 0 Å². The zero-order valence-corrected chi connectivity index (χ0v) is 37.2. The molecule has 0 spiro atoms. The van der Waals surface area contributed by atoms with Gasteiger partial charge in [0.25, 0.3) is 0 Å². The van der Waals surface area contributed by atoms with E-state index in [2.05, 4.69) is 62.5 Å². The molecule has 1 rings (SSSR count). The molecule has 59 heavy (non-hydrogen) atoms. The number of hydrogen-bond donors (Lipinski definition) is 4. The molecule has 0 radical (unpaired) electrons. The second-order valence-electron chi connectivity index (χ2n) is 16.2. The van der Waals surface area contributed by atoms with Gasteiger partial charge in [-0.3, -0.25) is 9.59 Å². The van der Waals surface area contributed by atoms with Gasteiger partial charge in [-0.25, -0.2) is 0 Å². The van der Waals surface area contributed by atoms with E-state index in [1.807, 2.05) is 0 Å². The van der Waals surface area contributed by atoms with Crippen molar-refractivity contribution >= 4 is 11.9 Å². The highest BCUT2D eigenvalue weighted by Crippen LogP contribution is 2.23. The van der Waals surface area contributed by atoms with Crippen LogP contribution in [0.4, 0.5) is 0 Å². The van der Waals surface area contributed by atoms with E-state index in [0.29, 0.717) is 12.8 Å². The van der Waals surface area contributed by atoms with Gasteiger partial charge in [0, 0.05) is 12.8 Å². The Morgan fingerprint density at radius 2 is 0.949 bits per heavy atom. The van der Waals surface area contributed by atoms with Crippen LogP contribution < -0.4 is 0 Å². The van der Waals surface area contributed by atoms with Gasteiger partial charge in [-0.1, -0.05) is 172 Å². The average molecular weight is 835 g/mol. The maximum absolute atomic E-state index is 12.8. The third-order valence-electron chi connectivity index (χ3n) is 10.7. The summed E-state index contributed by atoms with van der Waals surface area (Å²) in [4.78, 5) is 25.4. The lowest BCUT2D eigenvalue weighted by molar-refractivity contribution is -0.305. The number of carbonyl (C=O) groups excluding carboxylic acids is 2. The van der Waals surface area contributed by atoms with E-state index in [1.54, 1.807) is 0 Å². The molecule has 0 aromatic rings. The summed E-state index contributed by atoms with van der Waals surface area (Å²) < 4.78 is 22.2. The first-order valence-electron chi connectivity index (χ1n) is 23.7. The van der Waals surface area contributed by atoms with E-state index in [-0.39, 0.29) is 26.1 Å². The molecule has 0 aromatic carbocycles. The number of ether oxygens (including phenoxy) is 4. The number of unbranched alkanes of at least 4 members (excludes halogenated alkanes) is 20. The third-order valence-corrected chi connectivity index (χ3v) is 10.7. The van der Waals surface area contributed by atoms with Crippen molar-refractivity contribution in [2.75, 3.05) is 19.8 Å². The normalized spacial score (nSPS) is 20.4. The van der Waals surface area contributed by atoms with Crippen molar-refractivity contribution in [2.24, 2.45) is 0 Å². The molecular weight excluding hydrogens is 749 g/mol. The van der Waals surface area contributed by atoms with E-state index in [1.165, 1.54) is 96.3 Å². The highest BCUT2D eigenvalue weighted by molar-refractivity contribution is 5.70. The average Bonchev–Trinajstić information content (AvgIpc) is 3.23. The molecule has 1 aliphatic heterocycles. The number of carbonyl (C=O) groups is 2. The predicted octanol–water partition coefficient (Wildman–Crippen LogP) is 10.4. The van der Waals surface area contributed by atoms with Gasteiger partial charge < -0.3 is 39.4 Å². The fraction of sp³-hybridized carbons (Fsp3) is 0.796. The lowest BCUT2D eigenvalue weighted by Gasteiger charge is -2.39. The molecule has 0 bridgehead atoms. The molecular formula is C49H86O10. The molecule has 10 nitrogen and oxygen atoms in total. The van der Waals surface area contributed by atoms with Crippen LogP contribution in [0.3, 0.4) is 0 Å². The third kappa shape index (κ3) is 31.2. The van der Waals surface area contributed by atoms with Crippen LogP contribution in [0.1, 0.15) is 194 Å². The largest absolute Gasteiger partial charge is 0.462 e. The van der Waals surface area contributed by atoms with Gasteiger partial charge in [0.15, 0.2) is 12.4 Å². The zero-order chi connectivity index (χ0) is 43.0. The van der Waals surface area contributed by atoms with Crippen LogP contribution in [0, 0.1) is 0 Å². The Morgan fingerprint density at radius 3 is 1.46 bits per heavy atom. The molecule has 10 heteroatoms. The Balaban J connectivity index is 2.33. The van der Waals surface area contributed by atoms with Crippen molar-refractivity contribution < 1.29 is 49.0 Å². The number of esters is 2. The molecule has 1 saturated heterocycles. The van der Waals surface area contributed by atoms with Gasteiger partial charge in [0.05, 0.1) is 13.2 Å². The lowest BCUT2D eigenvalue weighted by Crippen LogP contribution is -2.59. The Kier molecular flexibility index (Phi) is 36.9. The first kappa shape index (κ1) is 54.7. The molecule has 342 valence electrons. The second-order valence-corrected chi connectivity index (χ2v) is 16.2. The van der Waals surface area contributed by atoms with Crippen LogP contribution in [0.15, 0.2) is 48.6 Å². The first-order valence-corrected chi connectivity index (χ1v) is 23.7. The monoisotopic (exact) mass is 835 g/mol. The highest BCUT2D eigenvalue weighted by Gasteiger charge is 2.44. The number of aliphatic hydroxyl groups is 4. The standard InChI is InChI=1S/C49H86O10/c1-3-5-7-9-11-13-15-17-19-20-21-22-24-25-27-29-31-33-35-37-44(51)56-40-42(41-57-49-48(55)47(54)46(53)43(39-50)59-49)58-45(52)38-36-34-32-30-28-26-23-18-16-14-12-10-8-6-4-2/h11,13,17,19,21-22,25,27,42-43,46-50,53-55H,3-10,12,14-16,18,20,23-24,26,28-41H2,1-2H3/b13-11+,19-17+,22-21+,27-25+/t42-,43-,46+,47?,48?,49-/m0/s1. The summed E-state index contributed by atoms with van der Waals surface area (Å²) >= 11 is 0. The molecule has 0 amide bonds. The van der Waals surface area contributed by atoms with Crippen molar-refractivity contribution in [2.45, 2.75) is 230 Å². The molecule has 6 atom stereocenters. The number of rotatable bonds is 39. The summed E-state index contributed by atoms with van der Waals surface area (Å²) in [5.74, 6) is -0.839. The van der Waals surface area contributed by atoms with Gasteiger partial charge in [0.2, 0.25) is 0 Å². The fourth-order valence-corrected chi connectivity index (χ4v) is 6.94. The van der Waals surface area contributed by atoms with Gasteiger partial charge in [-0.05, 0) is 57.8 Å². The second kappa shape index (κ2) is 39.8.